The molecule has 0 spiro atoms. The van der Waals surface area contributed by atoms with Crippen molar-refractivity contribution in [3.05, 3.63) is 55.1 Å². The highest BCUT2D eigenvalue weighted by Gasteiger charge is 2.14. The van der Waals surface area contributed by atoms with Crippen molar-refractivity contribution in [2.75, 3.05) is 6.54 Å². The van der Waals surface area contributed by atoms with E-state index in [1.165, 1.54) is 14.9 Å². The lowest BCUT2D eigenvalue weighted by molar-refractivity contribution is 0.528. The Balaban J connectivity index is 2.15. The molecule has 0 fully saturated rings. The van der Waals surface area contributed by atoms with Gasteiger partial charge in [-0.1, -0.05) is 41.9 Å². The van der Waals surface area contributed by atoms with Crippen LogP contribution in [0.25, 0.3) is 0 Å². The van der Waals surface area contributed by atoms with Crippen LogP contribution < -0.4 is 5.32 Å². The molecule has 0 aliphatic rings. The summed E-state index contributed by atoms with van der Waals surface area (Å²) in [5, 5.41) is 5.72. The smallest absolute Gasteiger partial charge is 0.0285 e. The molecule has 0 amide bonds. The highest BCUT2D eigenvalue weighted by molar-refractivity contribution is 9.10. The third-order valence-electron chi connectivity index (χ3n) is 3.16. The van der Waals surface area contributed by atoms with Gasteiger partial charge in [-0.15, -0.1) is 11.3 Å². The maximum absolute atomic E-state index is 3.57. The molecule has 1 aromatic heterocycles. The fourth-order valence-corrected chi connectivity index (χ4v) is 4.10. The fraction of sp³-hybridized carbons (Fsp3) is 0.375. The molecule has 1 N–H and O–H groups in total. The van der Waals surface area contributed by atoms with Gasteiger partial charge in [-0.3, -0.25) is 0 Å². The van der Waals surface area contributed by atoms with E-state index in [1.807, 2.05) is 11.3 Å². The highest BCUT2D eigenvalue weighted by Crippen LogP contribution is 2.28. The Labute approximate surface area is 142 Å². The minimum Gasteiger partial charge on any atom is -0.314 e. The second-order valence-electron chi connectivity index (χ2n) is 5.25. The van der Waals surface area contributed by atoms with Crippen LogP contribution in [0.5, 0.6) is 0 Å². The second-order valence-corrected chi connectivity index (χ2v) is 8.08. The Morgan fingerprint density at radius 1 is 1.15 bits per heavy atom. The zero-order chi connectivity index (χ0) is 14.5. The number of benzene rings is 1. The van der Waals surface area contributed by atoms with E-state index in [0.29, 0.717) is 12.0 Å². The molecule has 20 heavy (non-hydrogen) atoms. The van der Waals surface area contributed by atoms with E-state index in [0.717, 1.165) is 17.4 Å². The van der Waals surface area contributed by atoms with E-state index in [4.69, 9.17) is 0 Å². The normalized spacial score (nSPS) is 12.8. The molecule has 0 aliphatic carbocycles. The van der Waals surface area contributed by atoms with Crippen molar-refractivity contribution >= 4 is 43.2 Å². The molecule has 1 aromatic carbocycles. The summed E-state index contributed by atoms with van der Waals surface area (Å²) in [6.07, 6.45) is 1.08. The number of hydrogen-bond donors (Lipinski definition) is 1. The van der Waals surface area contributed by atoms with Gasteiger partial charge in [0.05, 0.1) is 0 Å². The summed E-state index contributed by atoms with van der Waals surface area (Å²) in [7, 11) is 0. The molecule has 1 nitrogen and oxygen atoms in total. The molecule has 0 radical (unpaired) electrons. The van der Waals surface area contributed by atoms with Gasteiger partial charge in [0.15, 0.2) is 0 Å². The minimum atomic E-state index is 0.500. The van der Waals surface area contributed by atoms with E-state index in [9.17, 15) is 0 Å². The maximum atomic E-state index is 3.57. The predicted octanol–water partition coefficient (Wildman–Crippen LogP) is 5.60. The van der Waals surface area contributed by atoms with Crippen molar-refractivity contribution in [3.63, 3.8) is 0 Å². The summed E-state index contributed by atoms with van der Waals surface area (Å²) in [6, 6.07) is 11.4. The molecule has 0 saturated carbocycles. The summed E-state index contributed by atoms with van der Waals surface area (Å²) in [4.78, 5) is 1.42. The molecule has 0 bridgehead atoms. The Bertz CT molecular complexity index is 551. The number of halogens is 2. The van der Waals surface area contributed by atoms with Crippen LogP contribution in [0.1, 0.15) is 30.2 Å². The molecule has 1 heterocycles. The maximum Gasteiger partial charge on any atom is 0.0285 e. The number of thiophene rings is 1. The van der Waals surface area contributed by atoms with Gasteiger partial charge in [0, 0.05) is 37.7 Å². The Morgan fingerprint density at radius 2 is 1.95 bits per heavy atom. The zero-order valence-corrected chi connectivity index (χ0v) is 15.7. The summed E-state index contributed by atoms with van der Waals surface area (Å²) < 4.78 is 2.33. The SMILES string of the molecule is CC(C)NCC(Cc1cc(Br)cs1)c1cccc(Br)c1. The zero-order valence-electron chi connectivity index (χ0n) is 11.7. The first-order chi connectivity index (χ1) is 9.54. The fourth-order valence-electron chi connectivity index (χ4n) is 2.15. The third-order valence-corrected chi connectivity index (χ3v) is 5.38. The number of rotatable bonds is 6. The van der Waals surface area contributed by atoms with Crippen LogP contribution in [0.4, 0.5) is 0 Å². The van der Waals surface area contributed by atoms with Gasteiger partial charge in [-0.05, 0) is 46.1 Å². The van der Waals surface area contributed by atoms with Crippen molar-refractivity contribution in [2.24, 2.45) is 0 Å². The lowest BCUT2D eigenvalue weighted by Crippen LogP contribution is -2.28. The molecule has 2 rings (SSSR count). The van der Waals surface area contributed by atoms with E-state index in [2.05, 4.69) is 86.7 Å². The van der Waals surface area contributed by atoms with Crippen LogP contribution in [0.2, 0.25) is 0 Å². The van der Waals surface area contributed by atoms with E-state index >= 15 is 0 Å². The van der Waals surface area contributed by atoms with Gasteiger partial charge in [-0.25, -0.2) is 0 Å². The average Bonchev–Trinajstić information content (AvgIpc) is 2.80. The molecule has 1 atom stereocenters. The molecular weight excluding hydrogens is 398 g/mol. The third kappa shape index (κ3) is 4.99. The van der Waals surface area contributed by atoms with Crippen molar-refractivity contribution in [2.45, 2.75) is 32.2 Å². The topological polar surface area (TPSA) is 12.0 Å². The van der Waals surface area contributed by atoms with E-state index < -0.39 is 0 Å². The second kappa shape index (κ2) is 7.74. The molecule has 2 aromatic rings. The van der Waals surface area contributed by atoms with Crippen LogP contribution in [0, 0.1) is 0 Å². The predicted molar refractivity (Wildman–Crippen MR) is 95.7 cm³/mol. The van der Waals surface area contributed by atoms with E-state index in [1.54, 1.807) is 0 Å². The van der Waals surface area contributed by atoms with Crippen LogP contribution in [-0.4, -0.2) is 12.6 Å². The average molecular weight is 417 g/mol. The molecule has 4 heteroatoms. The summed E-state index contributed by atoms with van der Waals surface area (Å²) in [5.41, 5.74) is 1.39. The van der Waals surface area contributed by atoms with Crippen molar-refractivity contribution < 1.29 is 0 Å². The first-order valence-electron chi connectivity index (χ1n) is 6.76. The highest BCUT2D eigenvalue weighted by atomic mass is 79.9. The first-order valence-corrected chi connectivity index (χ1v) is 9.23. The number of nitrogens with one attached hydrogen (secondary N) is 1. The Morgan fingerprint density at radius 3 is 2.55 bits per heavy atom. The Kier molecular flexibility index (Phi) is 6.27. The quantitative estimate of drug-likeness (QED) is 0.646. The van der Waals surface area contributed by atoms with Crippen LogP contribution in [-0.2, 0) is 6.42 Å². The van der Waals surface area contributed by atoms with Gasteiger partial charge >= 0.3 is 0 Å². The van der Waals surface area contributed by atoms with Gasteiger partial charge in [0.1, 0.15) is 0 Å². The molecule has 108 valence electrons. The van der Waals surface area contributed by atoms with Crippen molar-refractivity contribution in [1.82, 2.24) is 5.32 Å². The summed E-state index contributed by atoms with van der Waals surface area (Å²) >= 11 is 8.94. The lowest BCUT2D eigenvalue weighted by Gasteiger charge is -2.19. The molecular formula is C16H19Br2NS. The largest absolute Gasteiger partial charge is 0.314 e. The van der Waals surface area contributed by atoms with Gasteiger partial charge in [0.2, 0.25) is 0 Å². The van der Waals surface area contributed by atoms with Gasteiger partial charge in [-0.2, -0.15) is 0 Å². The van der Waals surface area contributed by atoms with Crippen LogP contribution >= 0.6 is 43.2 Å². The van der Waals surface area contributed by atoms with Gasteiger partial charge < -0.3 is 5.32 Å². The molecule has 0 aliphatic heterocycles. The standard InChI is InChI=1S/C16H19Br2NS/c1-11(2)19-9-13(7-16-8-15(18)10-20-16)12-4-3-5-14(17)6-12/h3-6,8,10-11,13,19H,7,9H2,1-2H3. The Hall–Kier alpha value is -0.160. The van der Waals surface area contributed by atoms with E-state index in [-0.39, 0.29) is 0 Å². The van der Waals surface area contributed by atoms with Crippen LogP contribution in [0.15, 0.2) is 44.7 Å². The monoisotopic (exact) mass is 415 g/mol. The summed E-state index contributed by atoms with van der Waals surface area (Å²) in [6.45, 7) is 5.39. The molecule has 1 unspecified atom stereocenters. The first kappa shape index (κ1) is 16.2. The molecule has 0 saturated heterocycles. The lowest BCUT2D eigenvalue weighted by atomic mass is 9.94. The summed E-state index contributed by atoms with van der Waals surface area (Å²) in [5.74, 6) is 0.500. The minimum absolute atomic E-state index is 0.500. The van der Waals surface area contributed by atoms with Crippen molar-refractivity contribution in [1.29, 1.82) is 0 Å². The van der Waals surface area contributed by atoms with Crippen molar-refractivity contribution in [3.8, 4) is 0 Å². The number of hydrogen-bond acceptors (Lipinski definition) is 2. The van der Waals surface area contributed by atoms with Crippen LogP contribution in [0.3, 0.4) is 0 Å². The van der Waals surface area contributed by atoms with Gasteiger partial charge in [0.25, 0.3) is 0 Å².